The van der Waals surface area contributed by atoms with Gasteiger partial charge in [0.1, 0.15) is 0 Å². The Morgan fingerprint density at radius 2 is 2.17 bits per heavy atom. The van der Waals surface area contributed by atoms with E-state index in [1.165, 1.54) is 7.11 Å². The second kappa shape index (κ2) is 7.33. The molecular weight excluding hydrogens is 228 g/mol. The van der Waals surface area contributed by atoms with Crippen LogP contribution in [0.5, 0.6) is 11.5 Å². The van der Waals surface area contributed by atoms with Crippen LogP contribution in [0.2, 0.25) is 0 Å². The van der Waals surface area contributed by atoms with E-state index in [-0.39, 0.29) is 11.5 Å². The van der Waals surface area contributed by atoms with Crippen LogP contribution in [-0.2, 0) is 4.79 Å². The van der Waals surface area contributed by atoms with Gasteiger partial charge in [0.2, 0.25) is 0 Å². The summed E-state index contributed by atoms with van der Waals surface area (Å²) in [6, 6.07) is 5.08. The lowest BCUT2D eigenvalue weighted by Gasteiger charge is -2.03. The van der Waals surface area contributed by atoms with Gasteiger partial charge in [-0.1, -0.05) is 31.2 Å². The van der Waals surface area contributed by atoms with Crippen LogP contribution in [0.15, 0.2) is 36.4 Å². The molecule has 18 heavy (non-hydrogen) atoms. The molecule has 0 aliphatic rings. The molecule has 0 radical (unpaired) electrons. The maximum absolute atomic E-state index is 11.2. The van der Waals surface area contributed by atoms with Crippen LogP contribution in [0.4, 0.5) is 0 Å². The number of allylic oxidation sites excluding steroid dienone is 3. The third-order valence-electron chi connectivity index (χ3n) is 2.38. The predicted molar refractivity (Wildman–Crippen MR) is 72.7 cm³/mol. The zero-order valence-electron chi connectivity index (χ0n) is 10.7. The van der Waals surface area contributed by atoms with E-state index in [0.29, 0.717) is 12.2 Å². The van der Waals surface area contributed by atoms with Crippen molar-refractivity contribution in [2.75, 3.05) is 7.11 Å². The molecular formula is C15H18O3. The number of hydrogen-bond donors (Lipinski definition) is 1. The molecule has 0 bridgehead atoms. The standard InChI is InChI=1S/C15H18O3/c1-3-6-13(16)8-5-4-7-12-9-10-14(17)15(11-12)18-2/h4-5,7-11,17H,3,6H2,1-2H3. The highest BCUT2D eigenvalue weighted by molar-refractivity contribution is 5.89. The maximum Gasteiger partial charge on any atom is 0.161 e. The van der Waals surface area contributed by atoms with E-state index in [4.69, 9.17) is 4.74 Å². The monoisotopic (exact) mass is 246 g/mol. The molecule has 3 heteroatoms. The molecule has 0 spiro atoms. The zero-order chi connectivity index (χ0) is 13.4. The highest BCUT2D eigenvalue weighted by Crippen LogP contribution is 2.26. The van der Waals surface area contributed by atoms with Crippen molar-refractivity contribution in [1.82, 2.24) is 0 Å². The van der Waals surface area contributed by atoms with Gasteiger partial charge in [0.05, 0.1) is 7.11 Å². The summed E-state index contributed by atoms with van der Waals surface area (Å²) in [5, 5.41) is 9.43. The number of ether oxygens (including phenoxy) is 1. The van der Waals surface area contributed by atoms with Crippen molar-refractivity contribution in [3.63, 3.8) is 0 Å². The summed E-state index contributed by atoms with van der Waals surface area (Å²) in [4.78, 5) is 11.2. The Labute approximate surface area is 107 Å². The van der Waals surface area contributed by atoms with Crippen LogP contribution in [0.1, 0.15) is 25.3 Å². The molecule has 96 valence electrons. The number of aromatic hydroxyl groups is 1. The van der Waals surface area contributed by atoms with E-state index in [2.05, 4.69) is 0 Å². The van der Waals surface area contributed by atoms with Gasteiger partial charge in [-0.05, 0) is 30.2 Å². The lowest BCUT2D eigenvalue weighted by Crippen LogP contribution is -1.88. The maximum atomic E-state index is 11.2. The minimum absolute atomic E-state index is 0.114. The Bertz CT molecular complexity index is 459. The lowest BCUT2D eigenvalue weighted by molar-refractivity contribution is -0.114. The minimum Gasteiger partial charge on any atom is -0.504 e. The van der Waals surface area contributed by atoms with Gasteiger partial charge in [0.25, 0.3) is 0 Å². The Morgan fingerprint density at radius 1 is 1.39 bits per heavy atom. The second-order valence-electron chi connectivity index (χ2n) is 3.87. The number of ketones is 1. The van der Waals surface area contributed by atoms with Crippen LogP contribution < -0.4 is 4.74 Å². The molecule has 0 saturated carbocycles. The van der Waals surface area contributed by atoms with Crippen LogP contribution in [0.3, 0.4) is 0 Å². The Morgan fingerprint density at radius 3 is 2.83 bits per heavy atom. The zero-order valence-corrected chi connectivity index (χ0v) is 10.7. The summed E-state index contributed by atoms with van der Waals surface area (Å²) in [5.41, 5.74) is 0.900. The van der Waals surface area contributed by atoms with Crippen molar-refractivity contribution >= 4 is 11.9 Å². The quantitative estimate of drug-likeness (QED) is 0.618. The van der Waals surface area contributed by atoms with Gasteiger partial charge >= 0.3 is 0 Å². The van der Waals surface area contributed by atoms with Gasteiger partial charge in [-0.15, -0.1) is 0 Å². The number of carbonyl (C=O) groups excluding carboxylic acids is 1. The first-order valence-electron chi connectivity index (χ1n) is 5.92. The van der Waals surface area contributed by atoms with E-state index in [0.717, 1.165) is 12.0 Å². The highest BCUT2D eigenvalue weighted by atomic mass is 16.5. The average Bonchev–Trinajstić information content (AvgIpc) is 2.37. The Hall–Kier alpha value is -2.03. The summed E-state index contributed by atoms with van der Waals surface area (Å²) in [6.45, 7) is 1.98. The first kappa shape index (κ1) is 14.0. The van der Waals surface area contributed by atoms with Crippen LogP contribution in [-0.4, -0.2) is 18.0 Å². The summed E-state index contributed by atoms with van der Waals surface area (Å²) in [6.07, 6.45) is 8.37. The van der Waals surface area contributed by atoms with Crippen molar-refractivity contribution in [3.05, 3.63) is 42.0 Å². The third-order valence-corrected chi connectivity index (χ3v) is 2.38. The molecule has 1 rings (SSSR count). The van der Waals surface area contributed by atoms with Gasteiger partial charge in [-0.25, -0.2) is 0 Å². The number of carbonyl (C=O) groups is 1. The van der Waals surface area contributed by atoms with Crippen molar-refractivity contribution in [1.29, 1.82) is 0 Å². The van der Waals surface area contributed by atoms with Crippen molar-refractivity contribution < 1.29 is 14.6 Å². The normalized spacial score (nSPS) is 11.2. The molecule has 0 heterocycles. The van der Waals surface area contributed by atoms with Gasteiger partial charge in [-0.3, -0.25) is 4.79 Å². The molecule has 1 aromatic rings. The first-order valence-corrected chi connectivity index (χ1v) is 5.92. The molecule has 1 aromatic carbocycles. The molecule has 0 amide bonds. The predicted octanol–water partition coefficient (Wildman–Crippen LogP) is 3.34. The molecule has 0 saturated heterocycles. The van der Waals surface area contributed by atoms with E-state index in [1.807, 2.05) is 13.0 Å². The fraction of sp³-hybridized carbons (Fsp3) is 0.267. The van der Waals surface area contributed by atoms with Crippen molar-refractivity contribution in [2.45, 2.75) is 19.8 Å². The number of phenolic OH excluding ortho intramolecular Hbond substituents is 1. The second-order valence-corrected chi connectivity index (χ2v) is 3.87. The lowest BCUT2D eigenvalue weighted by atomic mass is 10.1. The van der Waals surface area contributed by atoms with E-state index in [9.17, 15) is 9.90 Å². The summed E-state index contributed by atoms with van der Waals surface area (Å²) < 4.78 is 5.01. The Kier molecular flexibility index (Phi) is 5.71. The number of benzene rings is 1. The number of phenols is 1. The molecule has 0 aliphatic carbocycles. The van der Waals surface area contributed by atoms with E-state index in [1.54, 1.807) is 36.4 Å². The number of hydrogen-bond acceptors (Lipinski definition) is 3. The molecule has 0 fully saturated rings. The molecule has 0 aliphatic heterocycles. The third kappa shape index (κ3) is 4.45. The molecule has 0 unspecified atom stereocenters. The van der Waals surface area contributed by atoms with Gasteiger partial charge in [0, 0.05) is 6.42 Å². The van der Waals surface area contributed by atoms with Crippen LogP contribution in [0, 0.1) is 0 Å². The SMILES string of the molecule is CCCC(=O)C=CC=Cc1ccc(O)c(OC)c1. The van der Waals surface area contributed by atoms with Gasteiger partial charge in [-0.2, -0.15) is 0 Å². The fourth-order valence-corrected chi connectivity index (χ4v) is 1.46. The number of methoxy groups -OCH3 is 1. The minimum atomic E-state index is 0.114. The highest BCUT2D eigenvalue weighted by Gasteiger charge is 1.99. The van der Waals surface area contributed by atoms with Gasteiger partial charge in [0.15, 0.2) is 17.3 Å². The Balaban J connectivity index is 2.64. The average molecular weight is 246 g/mol. The molecule has 0 atom stereocenters. The fourth-order valence-electron chi connectivity index (χ4n) is 1.46. The summed E-state index contributed by atoms with van der Waals surface area (Å²) in [7, 11) is 1.51. The smallest absolute Gasteiger partial charge is 0.161 e. The van der Waals surface area contributed by atoms with Gasteiger partial charge < -0.3 is 9.84 Å². The van der Waals surface area contributed by atoms with E-state index < -0.39 is 0 Å². The summed E-state index contributed by atoms with van der Waals surface area (Å²) >= 11 is 0. The van der Waals surface area contributed by atoms with Crippen molar-refractivity contribution in [2.24, 2.45) is 0 Å². The van der Waals surface area contributed by atoms with Crippen LogP contribution in [0.25, 0.3) is 6.08 Å². The summed E-state index contributed by atoms with van der Waals surface area (Å²) in [5.74, 6) is 0.678. The number of rotatable bonds is 6. The van der Waals surface area contributed by atoms with E-state index >= 15 is 0 Å². The molecule has 3 nitrogen and oxygen atoms in total. The first-order chi connectivity index (χ1) is 8.67. The molecule has 1 N–H and O–H groups in total. The topological polar surface area (TPSA) is 46.5 Å². The molecule has 0 aromatic heterocycles. The van der Waals surface area contributed by atoms with Crippen LogP contribution >= 0.6 is 0 Å². The largest absolute Gasteiger partial charge is 0.504 e. The van der Waals surface area contributed by atoms with Crippen molar-refractivity contribution in [3.8, 4) is 11.5 Å².